The highest BCUT2D eigenvalue weighted by Gasteiger charge is 2.22. The third kappa shape index (κ3) is 4.24. The van der Waals surface area contributed by atoms with Crippen LogP contribution in [0.4, 0.5) is 16.4 Å². The molecule has 6 nitrogen and oxygen atoms in total. The van der Waals surface area contributed by atoms with Crippen LogP contribution in [0.2, 0.25) is 0 Å². The van der Waals surface area contributed by atoms with E-state index in [1.165, 1.54) is 0 Å². The molecule has 0 atom stereocenters. The molecule has 1 saturated heterocycles. The molecule has 1 N–H and O–H groups in total. The summed E-state index contributed by atoms with van der Waals surface area (Å²) in [7, 11) is 0. The maximum atomic E-state index is 11.7. The largest absolute Gasteiger partial charge is 0.450 e. The van der Waals surface area contributed by atoms with Gasteiger partial charge in [-0.3, -0.25) is 0 Å². The smallest absolute Gasteiger partial charge is 0.409 e. The van der Waals surface area contributed by atoms with Crippen molar-refractivity contribution < 1.29 is 9.53 Å². The van der Waals surface area contributed by atoms with E-state index in [2.05, 4.69) is 22.1 Å². The standard InChI is InChI=1S/C15H24N4O2/c1-3-8-16-13-6-5-7-14(17-13)18-9-11-19(12-10-18)15(20)21-4-2/h5-7H,3-4,8-12H2,1-2H3,(H,16,17). The zero-order valence-corrected chi connectivity index (χ0v) is 12.8. The summed E-state index contributed by atoms with van der Waals surface area (Å²) >= 11 is 0. The first-order chi connectivity index (χ1) is 10.2. The molecule has 1 aromatic heterocycles. The number of hydrogen-bond acceptors (Lipinski definition) is 5. The molecule has 0 unspecified atom stereocenters. The van der Waals surface area contributed by atoms with Gasteiger partial charge in [0.1, 0.15) is 11.6 Å². The van der Waals surface area contributed by atoms with E-state index in [0.29, 0.717) is 19.7 Å². The predicted molar refractivity (Wildman–Crippen MR) is 83.8 cm³/mol. The molecule has 1 amide bonds. The number of anilines is 2. The summed E-state index contributed by atoms with van der Waals surface area (Å²) < 4.78 is 5.03. The molecule has 0 aliphatic carbocycles. The SMILES string of the molecule is CCCNc1cccc(N2CCN(C(=O)OCC)CC2)n1. The topological polar surface area (TPSA) is 57.7 Å². The first-order valence-electron chi connectivity index (χ1n) is 7.62. The zero-order chi connectivity index (χ0) is 15.1. The van der Waals surface area contributed by atoms with E-state index in [4.69, 9.17) is 4.74 Å². The molecular weight excluding hydrogens is 268 g/mol. The number of nitrogens with zero attached hydrogens (tertiary/aromatic N) is 3. The Morgan fingerprint density at radius 3 is 2.71 bits per heavy atom. The highest BCUT2D eigenvalue weighted by atomic mass is 16.6. The molecule has 6 heteroatoms. The van der Waals surface area contributed by atoms with Gasteiger partial charge in [-0.1, -0.05) is 13.0 Å². The summed E-state index contributed by atoms with van der Waals surface area (Å²) in [4.78, 5) is 20.2. The van der Waals surface area contributed by atoms with Gasteiger partial charge in [-0.15, -0.1) is 0 Å². The van der Waals surface area contributed by atoms with Crippen molar-refractivity contribution in [2.45, 2.75) is 20.3 Å². The number of piperazine rings is 1. The molecule has 0 saturated carbocycles. The number of hydrogen-bond donors (Lipinski definition) is 1. The second kappa shape index (κ2) is 7.71. The molecule has 0 bridgehead atoms. The second-order valence-electron chi connectivity index (χ2n) is 4.98. The minimum Gasteiger partial charge on any atom is -0.450 e. The van der Waals surface area contributed by atoms with Gasteiger partial charge in [0, 0.05) is 32.7 Å². The number of aromatic nitrogens is 1. The van der Waals surface area contributed by atoms with E-state index < -0.39 is 0 Å². The van der Waals surface area contributed by atoms with Gasteiger partial charge < -0.3 is 19.9 Å². The fourth-order valence-corrected chi connectivity index (χ4v) is 2.28. The molecule has 0 aromatic carbocycles. The van der Waals surface area contributed by atoms with Gasteiger partial charge in [0.15, 0.2) is 0 Å². The van der Waals surface area contributed by atoms with Crippen molar-refractivity contribution in [3.05, 3.63) is 18.2 Å². The third-order valence-corrected chi connectivity index (χ3v) is 3.42. The minimum absolute atomic E-state index is 0.219. The quantitative estimate of drug-likeness (QED) is 0.901. The van der Waals surface area contributed by atoms with Crippen LogP contribution < -0.4 is 10.2 Å². The lowest BCUT2D eigenvalue weighted by Crippen LogP contribution is -2.49. The van der Waals surface area contributed by atoms with Gasteiger partial charge >= 0.3 is 6.09 Å². The van der Waals surface area contributed by atoms with Crippen LogP contribution >= 0.6 is 0 Å². The maximum Gasteiger partial charge on any atom is 0.409 e. The molecule has 1 aliphatic heterocycles. The second-order valence-corrected chi connectivity index (χ2v) is 4.98. The molecule has 2 rings (SSSR count). The van der Waals surface area contributed by atoms with Crippen LogP contribution in [0, 0.1) is 0 Å². The number of pyridine rings is 1. The Kier molecular flexibility index (Phi) is 5.66. The van der Waals surface area contributed by atoms with E-state index in [1.54, 1.807) is 4.90 Å². The number of carbonyl (C=O) groups excluding carboxylic acids is 1. The lowest BCUT2D eigenvalue weighted by molar-refractivity contribution is 0.105. The van der Waals surface area contributed by atoms with Crippen LogP contribution in [0.3, 0.4) is 0 Å². The Balaban J connectivity index is 1.91. The van der Waals surface area contributed by atoms with Gasteiger partial charge in [-0.25, -0.2) is 9.78 Å². The average Bonchev–Trinajstić information content (AvgIpc) is 2.53. The molecule has 2 heterocycles. The van der Waals surface area contributed by atoms with Crippen molar-refractivity contribution in [1.29, 1.82) is 0 Å². The molecule has 0 spiro atoms. The summed E-state index contributed by atoms with van der Waals surface area (Å²) in [5.74, 6) is 1.86. The van der Waals surface area contributed by atoms with Crippen LogP contribution in [0.15, 0.2) is 18.2 Å². The Labute approximate surface area is 126 Å². The van der Waals surface area contributed by atoms with Gasteiger partial charge in [-0.05, 0) is 25.5 Å². The number of amides is 1. The number of nitrogens with one attached hydrogen (secondary N) is 1. The molecule has 0 radical (unpaired) electrons. The van der Waals surface area contributed by atoms with Crippen molar-refractivity contribution >= 4 is 17.7 Å². The van der Waals surface area contributed by atoms with E-state index in [9.17, 15) is 4.79 Å². The number of carbonyl (C=O) groups is 1. The summed E-state index contributed by atoms with van der Waals surface area (Å²) in [5.41, 5.74) is 0. The van der Waals surface area contributed by atoms with Gasteiger partial charge in [0.25, 0.3) is 0 Å². The molecule has 1 aromatic rings. The van der Waals surface area contributed by atoms with Crippen molar-refractivity contribution in [2.24, 2.45) is 0 Å². The van der Waals surface area contributed by atoms with Crippen LogP contribution in [0.25, 0.3) is 0 Å². The molecule has 21 heavy (non-hydrogen) atoms. The van der Waals surface area contributed by atoms with Crippen LogP contribution in [-0.2, 0) is 4.74 Å². The molecule has 1 aliphatic rings. The molecule has 1 fully saturated rings. The zero-order valence-electron chi connectivity index (χ0n) is 12.8. The fraction of sp³-hybridized carbons (Fsp3) is 0.600. The lowest BCUT2D eigenvalue weighted by Gasteiger charge is -2.34. The summed E-state index contributed by atoms with van der Waals surface area (Å²) in [5, 5.41) is 3.30. The van der Waals surface area contributed by atoms with Crippen molar-refractivity contribution in [2.75, 3.05) is 49.5 Å². The minimum atomic E-state index is -0.219. The van der Waals surface area contributed by atoms with E-state index in [0.717, 1.165) is 37.7 Å². The normalized spacial score (nSPS) is 15.0. The van der Waals surface area contributed by atoms with Crippen LogP contribution in [0.1, 0.15) is 20.3 Å². The van der Waals surface area contributed by atoms with E-state index in [1.807, 2.05) is 25.1 Å². The first-order valence-corrected chi connectivity index (χ1v) is 7.62. The Hall–Kier alpha value is -1.98. The van der Waals surface area contributed by atoms with Crippen LogP contribution in [-0.4, -0.2) is 55.3 Å². The predicted octanol–water partition coefficient (Wildman–Crippen LogP) is 2.18. The summed E-state index contributed by atoms with van der Waals surface area (Å²) in [6.07, 6.45) is 0.855. The number of ether oxygens (including phenoxy) is 1. The highest BCUT2D eigenvalue weighted by molar-refractivity contribution is 5.68. The first kappa shape index (κ1) is 15.4. The van der Waals surface area contributed by atoms with Crippen molar-refractivity contribution in [3.8, 4) is 0 Å². The Morgan fingerprint density at radius 2 is 2.05 bits per heavy atom. The third-order valence-electron chi connectivity index (χ3n) is 3.42. The van der Waals surface area contributed by atoms with Gasteiger partial charge in [0.05, 0.1) is 6.61 Å². The van der Waals surface area contributed by atoms with Gasteiger partial charge in [-0.2, -0.15) is 0 Å². The number of rotatable bonds is 5. The summed E-state index contributed by atoms with van der Waals surface area (Å²) in [6, 6.07) is 6.00. The van der Waals surface area contributed by atoms with Gasteiger partial charge in [0.2, 0.25) is 0 Å². The van der Waals surface area contributed by atoms with E-state index in [-0.39, 0.29) is 6.09 Å². The van der Waals surface area contributed by atoms with E-state index >= 15 is 0 Å². The average molecular weight is 292 g/mol. The molecular formula is C15H24N4O2. The van der Waals surface area contributed by atoms with Crippen molar-refractivity contribution in [3.63, 3.8) is 0 Å². The highest BCUT2D eigenvalue weighted by Crippen LogP contribution is 2.16. The monoisotopic (exact) mass is 292 g/mol. The van der Waals surface area contributed by atoms with Crippen LogP contribution in [0.5, 0.6) is 0 Å². The Morgan fingerprint density at radius 1 is 1.29 bits per heavy atom. The summed E-state index contributed by atoms with van der Waals surface area (Å²) in [6.45, 7) is 8.21. The lowest BCUT2D eigenvalue weighted by atomic mass is 10.3. The van der Waals surface area contributed by atoms with Crippen molar-refractivity contribution in [1.82, 2.24) is 9.88 Å². The molecule has 116 valence electrons. The fourth-order valence-electron chi connectivity index (χ4n) is 2.28. The maximum absolute atomic E-state index is 11.7. The Bertz CT molecular complexity index is 459.